The Bertz CT molecular complexity index is 549. The number of hydrogen-bond donors (Lipinski definition) is 1. The monoisotopic (exact) mass is 333 g/mol. The summed E-state index contributed by atoms with van der Waals surface area (Å²) in [6, 6.07) is 3.31. The van der Waals surface area contributed by atoms with E-state index in [9.17, 15) is 4.79 Å². The van der Waals surface area contributed by atoms with Gasteiger partial charge in [0.25, 0.3) is 0 Å². The molecule has 4 rings (SSSR count). The predicted molar refractivity (Wildman–Crippen MR) is 93.5 cm³/mol. The first-order chi connectivity index (χ1) is 11.2. The molecular weight excluding hydrogens is 306 g/mol. The van der Waals surface area contributed by atoms with E-state index in [0.29, 0.717) is 30.0 Å². The predicted octanol–water partition coefficient (Wildman–Crippen LogP) is 2.31. The fourth-order valence-corrected chi connectivity index (χ4v) is 4.81. The molecule has 2 saturated carbocycles. The van der Waals surface area contributed by atoms with E-state index in [2.05, 4.69) is 27.0 Å². The van der Waals surface area contributed by atoms with Crippen LogP contribution < -0.4 is 5.32 Å². The maximum atomic E-state index is 12.6. The molecule has 3 aliphatic rings. The maximum absolute atomic E-state index is 12.6. The van der Waals surface area contributed by atoms with E-state index in [0.717, 1.165) is 19.6 Å². The van der Waals surface area contributed by atoms with Gasteiger partial charge in [0.05, 0.1) is 6.54 Å². The molecule has 0 aromatic carbocycles. The fraction of sp³-hybridized carbons (Fsp3) is 0.722. The summed E-state index contributed by atoms with van der Waals surface area (Å²) in [4.78, 5) is 17.1. The minimum atomic E-state index is 0.304. The molecular formula is C18H27N3OS. The third kappa shape index (κ3) is 3.32. The molecule has 0 unspecified atom stereocenters. The molecule has 1 N–H and O–H groups in total. The van der Waals surface area contributed by atoms with Gasteiger partial charge in [-0.25, -0.2) is 0 Å². The number of rotatable bonds is 6. The van der Waals surface area contributed by atoms with Crippen molar-refractivity contribution in [3.05, 3.63) is 22.4 Å². The second-order valence-corrected chi connectivity index (χ2v) is 8.38. The maximum Gasteiger partial charge on any atom is 0.236 e. The Labute approximate surface area is 142 Å². The van der Waals surface area contributed by atoms with Gasteiger partial charge in [0, 0.05) is 25.7 Å². The lowest BCUT2D eigenvalue weighted by Crippen LogP contribution is -2.42. The highest BCUT2D eigenvalue weighted by atomic mass is 32.1. The molecule has 3 fully saturated rings. The number of carbonyl (C=O) groups is 1. The van der Waals surface area contributed by atoms with Crippen LogP contribution in [0, 0.1) is 5.41 Å². The van der Waals surface area contributed by atoms with Crippen molar-refractivity contribution in [2.24, 2.45) is 5.41 Å². The summed E-state index contributed by atoms with van der Waals surface area (Å²) in [6.07, 6.45) is 6.19. The number of nitrogens with zero attached hydrogens (tertiary/aromatic N) is 2. The molecule has 1 aliphatic heterocycles. The van der Waals surface area contributed by atoms with Gasteiger partial charge < -0.3 is 10.2 Å². The summed E-state index contributed by atoms with van der Waals surface area (Å²) < 4.78 is 0. The van der Waals surface area contributed by atoms with E-state index in [4.69, 9.17) is 0 Å². The van der Waals surface area contributed by atoms with Crippen molar-refractivity contribution < 1.29 is 4.79 Å². The highest BCUT2D eigenvalue weighted by Gasteiger charge is 2.56. The fourth-order valence-electron chi connectivity index (χ4n) is 4.15. The molecule has 1 aromatic rings. The van der Waals surface area contributed by atoms with Crippen LogP contribution >= 0.6 is 11.3 Å². The molecule has 2 heterocycles. The molecule has 5 heteroatoms. The van der Waals surface area contributed by atoms with Crippen LogP contribution in [-0.4, -0.2) is 54.5 Å². The van der Waals surface area contributed by atoms with Gasteiger partial charge in [0.2, 0.25) is 5.91 Å². The summed E-state index contributed by atoms with van der Waals surface area (Å²) in [6.45, 7) is 3.79. The number of hydrogen-bond acceptors (Lipinski definition) is 4. The van der Waals surface area contributed by atoms with E-state index >= 15 is 0 Å². The number of likely N-dealkylation sites (N-methyl/N-ethyl adjacent to an activating group) is 1. The van der Waals surface area contributed by atoms with Crippen LogP contribution in [-0.2, 0) is 11.3 Å². The largest absolute Gasteiger partial charge is 0.342 e. The van der Waals surface area contributed by atoms with Gasteiger partial charge in [0.1, 0.15) is 0 Å². The normalized spacial score (nSPS) is 25.7. The van der Waals surface area contributed by atoms with E-state index in [1.165, 1.54) is 37.7 Å². The van der Waals surface area contributed by atoms with Crippen molar-refractivity contribution in [2.75, 3.05) is 26.7 Å². The zero-order chi connectivity index (χ0) is 15.9. The Morgan fingerprint density at radius 1 is 1.39 bits per heavy atom. The van der Waals surface area contributed by atoms with Crippen molar-refractivity contribution in [3.63, 3.8) is 0 Å². The van der Waals surface area contributed by atoms with Crippen molar-refractivity contribution in [2.45, 2.75) is 50.7 Å². The zero-order valence-corrected chi connectivity index (χ0v) is 14.8. The van der Waals surface area contributed by atoms with Crippen LogP contribution in [0.25, 0.3) is 0 Å². The lowest BCUT2D eigenvalue weighted by Gasteiger charge is -2.30. The molecule has 1 spiro atoms. The molecule has 0 radical (unpaired) electrons. The second-order valence-electron chi connectivity index (χ2n) is 7.60. The Balaban J connectivity index is 1.44. The number of amides is 1. The summed E-state index contributed by atoms with van der Waals surface area (Å²) >= 11 is 1.75. The van der Waals surface area contributed by atoms with Gasteiger partial charge in [-0.15, -0.1) is 0 Å². The van der Waals surface area contributed by atoms with Crippen molar-refractivity contribution in [3.8, 4) is 0 Å². The first-order valence-electron chi connectivity index (χ1n) is 8.89. The lowest BCUT2D eigenvalue weighted by atomic mass is 9.93. The zero-order valence-electron chi connectivity index (χ0n) is 14.0. The summed E-state index contributed by atoms with van der Waals surface area (Å²) in [5.74, 6) is 0.304. The summed E-state index contributed by atoms with van der Waals surface area (Å²) in [5, 5.41) is 7.84. The number of thiophene rings is 1. The van der Waals surface area contributed by atoms with Crippen LogP contribution in [0.2, 0.25) is 0 Å². The second kappa shape index (κ2) is 6.19. The summed E-state index contributed by atoms with van der Waals surface area (Å²) in [7, 11) is 1.98. The van der Waals surface area contributed by atoms with Gasteiger partial charge in [-0.1, -0.05) is 0 Å². The third-order valence-corrected chi connectivity index (χ3v) is 6.71. The van der Waals surface area contributed by atoms with Gasteiger partial charge in [-0.3, -0.25) is 9.69 Å². The minimum Gasteiger partial charge on any atom is -0.342 e. The van der Waals surface area contributed by atoms with Crippen molar-refractivity contribution >= 4 is 17.2 Å². The van der Waals surface area contributed by atoms with Crippen molar-refractivity contribution in [1.29, 1.82) is 0 Å². The standard InChI is InChI=1S/C18H27N3OS/c1-20(15-2-3-15)17(22)12-21(11-14-4-9-23-13-14)16-10-18(16)5-7-19-8-6-18/h4,9,13,15-16,19H,2-3,5-8,10-12H2,1H3/t16-/m1/s1. The first kappa shape index (κ1) is 15.6. The van der Waals surface area contributed by atoms with Crippen LogP contribution in [0.1, 0.15) is 37.7 Å². The topological polar surface area (TPSA) is 35.6 Å². The van der Waals surface area contributed by atoms with Gasteiger partial charge >= 0.3 is 0 Å². The lowest BCUT2D eigenvalue weighted by molar-refractivity contribution is -0.132. The van der Waals surface area contributed by atoms with Gasteiger partial charge in [-0.05, 0) is 73.0 Å². The molecule has 1 saturated heterocycles. The molecule has 4 nitrogen and oxygen atoms in total. The molecule has 2 aliphatic carbocycles. The van der Waals surface area contributed by atoms with E-state index in [-0.39, 0.29) is 0 Å². The van der Waals surface area contributed by atoms with Gasteiger partial charge in [0.15, 0.2) is 0 Å². The number of nitrogens with one attached hydrogen (secondary N) is 1. The average Bonchev–Trinajstić information content (AvgIpc) is 3.46. The van der Waals surface area contributed by atoms with E-state index < -0.39 is 0 Å². The quantitative estimate of drug-likeness (QED) is 0.868. The van der Waals surface area contributed by atoms with Crippen LogP contribution in [0.5, 0.6) is 0 Å². The Hall–Kier alpha value is -0.910. The Morgan fingerprint density at radius 2 is 2.17 bits per heavy atom. The van der Waals surface area contributed by atoms with Gasteiger partial charge in [-0.2, -0.15) is 11.3 Å². The van der Waals surface area contributed by atoms with E-state index in [1.54, 1.807) is 11.3 Å². The Kier molecular flexibility index (Phi) is 4.20. The molecule has 1 amide bonds. The molecule has 126 valence electrons. The smallest absolute Gasteiger partial charge is 0.236 e. The average molecular weight is 334 g/mol. The van der Waals surface area contributed by atoms with Crippen LogP contribution in [0.3, 0.4) is 0 Å². The highest BCUT2D eigenvalue weighted by Crippen LogP contribution is 2.56. The molecule has 1 aromatic heterocycles. The Morgan fingerprint density at radius 3 is 2.83 bits per heavy atom. The van der Waals surface area contributed by atoms with E-state index in [1.807, 2.05) is 11.9 Å². The SMILES string of the molecule is CN(C(=O)CN(Cc1ccsc1)[C@@H]1CC12CCNCC2)C1CC1. The van der Waals surface area contributed by atoms with Crippen molar-refractivity contribution in [1.82, 2.24) is 15.1 Å². The van der Waals surface area contributed by atoms with Crippen LogP contribution in [0.15, 0.2) is 16.8 Å². The van der Waals surface area contributed by atoms with Crippen LogP contribution in [0.4, 0.5) is 0 Å². The third-order valence-electron chi connectivity index (χ3n) is 5.98. The number of carbonyl (C=O) groups excluding carboxylic acids is 1. The molecule has 1 atom stereocenters. The number of piperidine rings is 1. The highest BCUT2D eigenvalue weighted by molar-refractivity contribution is 7.07. The first-order valence-corrected chi connectivity index (χ1v) is 9.84. The summed E-state index contributed by atoms with van der Waals surface area (Å²) in [5.41, 5.74) is 1.84. The molecule has 0 bridgehead atoms. The minimum absolute atomic E-state index is 0.304. The molecule has 23 heavy (non-hydrogen) atoms.